The number of rotatable bonds is 10. The van der Waals surface area contributed by atoms with Crippen LogP contribution >= 0.6 is 23.2 Å². The number of carboxylic acids is 1. The average Bonchev–Trinajstić information content (AvgIpc) is 3.07. The Balaban J connectivity index is 1.36. The van der Waals surface area contributed by atoms with Crippen LogP contribution in [-0.2, 0) is 9.53 Å². The molecule has 2 aromatic rings. The lowest BCUT2D eigenvalue weighted by Crippen LogP contribution is -2.51. The maximum atomic E-state index is 14.2. The normalized spacial score (nSPS) is 22.6. The monoisotopic (exact) mass is 662 g/mol. The van der Waals surface area contributed by atoms with Crippen molar-refractivity contribution in [3.05, 3.63) is 51.5 Å². The summed E-state index contributed by atoms with van der Waals surface area (Å²) in [5, 5.41) is 11.2. The van der Waals surface area contributed by atoms with Gasteiger partial charge in [0, 0.05) is 18.7 Å². The average molecular weight is 664 g/mol. The minimum absolute atomic E-state index is 0.199. The second-order valence-corrected chi connectivity index (χ2v) is 13.2. The Bertz CT molecular complexity index is 1330. The van der Waals surface area contributed by atoms with E-state index in [1.54, 1.807) is 24.3 Å². The van der Waals surface area contributed by atoms with Crippen molar-refractivity contribution in [2.75, 3.05) is 54.1 Å². The van der Waals surface area contributed by atoms with Gasteiger partial charge in [0.15, 0.2) is 11.5 Å². The molecule has 1 unspecified atom stereocenters. The molecule has 2 heterocycles. The zero-order valence-electron chi connectivity index (χ0n) is 26.4. The molecule has 2 aromatic carbocycles. The molecule has 0 radical (unpaired) electrons. The van der Waals surface area contributed by atoms with Gasteiger partial charge in [0.2, 0.25) is 5.75 Å². The molecule has 1 saturated carbocycles. The number of halogens is 2. The van der Waals surface area contributed by atoms with E-state index < -0.39 is 17.4 Å². The van der Waals surface area contributed by atoms with Crippen LogP contribution in [0.4, 0.5) is 0 Å². The Labute approximate surface area is 275 Å². The number of carbonyl (C=O) groups excluding carboxylic acids is 1. The van der Waals surface area contributed by atoms with Gasteiger partial charge in [0.1, 0.15) is 0 Å². The molecule has 0 aromatic heterocycles. The number of amides is 1. The minimum atomic E-state index is -0.634. The highest BCUT2D eigenvalue weighted by molar-refractivity contribution is 6.42. The highest BCUT2D eigenvalue weighted by Crippen LogP contribution is 2.46. The summed E-state index contributed by atoms with van der Waals surface area (Å²) in [6.45, 7) is 2.96. The number of benzene rings is 2. The van der Waals surface area contributed by atoms with Gasteiger partial charge in [-0.1, -0.05) is 48.5 Å². The largest absolute Gasteiger partial charge is 0.493 e. The van der Waals surface area contributed by atoms with Gasteiger partial charge in [-0.3, -0.25) is 9.59 Å². The quantitative estimate of drug-likeness (QED) is 0.299. The van der Waals surface area contributed by atoms with E-state index in [1.807, 2.05) is 11.0 Å². The topological polar surface area (TPSA) is 97.8 Å². The zero-order chi connectivity index (χ0) is 32.1. The van der Waals surface area contributed by atoms with Gasteiger partial charge in [-0.25, -0.2) is 0 Å². The predicted molar refractivity (Wildman–Crippen MR) is 173 cm³/mol. The maximum absolute atomic E-state index is 14.2. The van der Waals surface area contributed by atoms with Gasteiger partial charge in [0.05, 0.1) is 55.5 Å². The molecule has 3 fully saturated rings. The molecule has 0 bridgehead atoms. The second kappa shape index (κ2) is 14.8. The van der Waals surface area contributed by atoms with Crippen LogP contribution in [0.1, 0.15) is 73.3 Å². The molecule has 3 aliphatic rings. The van der Waals surface area contributed by atoms with E-state index >= 15 is 0 Å². The number of likely N-dealkylation sites (tertiary alicyclic amines) is 1. The summed E-state index contributed by atoms with van der Waals surface area (Å²) in [6.07, 6.45) is 7.18. The fourth-order valence-electron chi connectivity index (χ4n) is 7.60. The van der Waals surface area contributed by atoms with E-state index in [-0.39, 0.29) is 17.9 Å². The summed E-state index contributed by atoms with van der Waals surface area (Å²) in [6, 6.07) is 8.34. The Morgan fingerprint density at radius 3 is 2.18 bits per heavy atom. The molecule has 246 valence electrons. The van der Waals surface area contributed by atoms with Crippen LogP contribution in [0.2, 0.25) is 10.0 Å². The van der Waals surface area contributed by atoms with Gasteiger partial charge >= 0.3 is 5.97 Å². The number of carbonyl (C=O) groups is 2. The van der Waals surface area contributed by atoms with Crippen molar-refractivity contribution >= 4 is 35.1 Å². The third-order valence-corrected chi connectivity index (χ3v) is 10.8. The fraction of sp³-hybridized carbons (Fsp3) is 0.588. The van der Waals surface area contributed by atoms with Gasteiger partial charge in [-0.2, -0.15) is 0 Å². The van der Waals surface area contributed by atoms with Crippen LogP contribution in [0, 0.1) is 11.3 Å². The molecule has 1 N–H and O–H groups in total. The van der Waals surface area contributed by atoms with Crippen molar-refractivity contribution in [3.8, 4) is 17.2 Å². The van der Waals surface area contributed by atoms with Crippen molar-refractivity contribution < 1.29 is 33.6 Å². The lowest BCUT2D eigenvalue weighted by molar-refractivity contribution is -0.158. The zero-order valence-corrected chi connectivity index (χ0v) is 27.9. The smallest absolute Gasteiger partial charge is 0.310 e. The van der Waals surface area contributed by atoms with Crippen molar-refractivity contribution in [3.63, 3.8) is 0 Å². The maximum Gasteiger partial charge on any atom is 0.310 e. The lowest BCUT2D eigenvalue weighted by Gasteiger charge is -2.46. The Morgan fingerprint density at radius 2 is 1.60 bits per heavy atom. The number of hydrogen-bond acceptors (Lipinski definition) is 7. The molecular weight excluding hydrogens is 619 g/mol. The van der Waals surface area contributed by atoms with E-state index in [2.05, 4.69) is 4.90 Å². The SMILES string of the molecule is COc1cc(C(=O)N2CCO[C@H](CCN3CCC(C(=O)O)(C4CCCCC4)CC3)C2c2ccc(Cl)c(Cl)c2)cc(OC)c1OC. The van der Waals surface area contributed by atoms with Crippen LogP contribution in [0.3, 0.4) is 0 Å². The summed E-state index contributed by atoms with van der Waals surface area (Å²) >= 11 is 12.8. The number of morpholine rings is 1. The highest BCUT2D eigenvalue weighted by Gasteiger charge is 2.48. The van der Waals surface area contributed by atoms with E-state index in [9.17, 15) is 14.7 Å². The molecule has 1 aliphatic carbocycles. The van der Waals surface area contributed by atoms with Gasteiger partial charge in [0.25, 0.3) is 5.91 Å². The standard InChI is InChI=1S/C34H44Cl2N2O7/c1-42-28-20-23(21-29(43-2)31(28)44-3)32(39)38-17-18-45-27(30(38)22-9-10-25(35)26(36)19-22)11-14-37-15-12-34(13-16-37,33(40)41)24-7-5-4-6-8-24/h9-10,19-21,24,27,30H,4-8,11-18H2,1-3H3,(H,40,41)/t27-,30?/m1/s1. The first-order chi connectivity index (χ1) is 21.7. The number of ether oxygens (including phenoxy) is 4. The second-order valence-electron chi connectivity index (χ2n) is 12.4. The number of methoxy groups -OCH3 is 3. The van der Waals surface area contributed by atoms with Gasteiger partial charge < -0.3 is 33.9 Å². The highest BCUT2D eigenvalue weighted by atomic mass is 35.5. The van der Waals surface area contributed by atoms with Crippen LogP contribution in [0.25, 0.3) is 0 Å². The first-order valence-electron chi connectivity index (χ1n) is 15.9. The molecule has 11 heteroatoms. The third-order valence-electron chi connectivity index (χ3n) is 10.1. The number of aliphatic carboxylic acids is 1. The minimum Gasteiger partial charge on any atom is -0.493 e. The van der Waals surface area contributed by atoms with E-state index in [0.717, 1.165) is 50.9 Å². The summed E-state index contributed by atoms with van der Waals surface area (Å²) in [5.74, 6) is 0.634. The number of nitrogens with zero attached hydrogens (tertiary/aromatic N) is 2. The van der Waals surface area contributed by atoms with Crippen LogP contribution in [0.5, 0.6) is 17.2 Å². The summed E-state index contributed by atoms with van der Waals surface area (Å²) in [5.41, 5.74) is 0.611. The van der Waals surface area contributed by atoms with Crippen LogP contribution in [0.15, 0.2) is 30.3 Å². The molecule has 0 spiro atoms. The molecule has 2 atom stereocenters. The third kappa shape index (κ3) is 7.02. The molecule has 5 rings (SSSR count). The number of hydrogen-bond donors (Lipinski definition) is 1. The number of piperidine rings is 1. The first-order valence-corrected chi connectivity index (χ1v) is 16.6. The van der Waals surface area contributed by atoms with Crippen molar-refractivity contribution in [1.29, 1.82) is 0 Å². The summed E-state index contributed by atoms with van der Waals surface area (Å²) in [7, 11) is 4.56. The lowest BCUT2D eigenvalue weighted by atomic mass is 9.64. The van der Waals surface area contributed by atoms with Gasteiger partial charge in [-0.15, -0.1) is 0 Å². The summed E-state index contributed by atoms with van der Waals surface area (Å²) < 4.78 is 22.9. The Morgan fingerprint density at radius 1 is 0.933 bits per heavy atom. The van der Waals surface area contributed by atoms with Crippen molar-refractivity contribution in [2.45, 2.75) is 63.5 Å². The first kappa shape index (κ1) is 33.6. The molecule has 9 nitrogen and oxygen atoms in total. The van der Waals surface area contributed by atoms with Gasteiger partial charge in [-0.05, 0) is 80.9 Å². The fourth-order valence-corrected chi connectivity index (χ4v) is 7.91. The molecule has 2 aliphatic heterocycles. The molecule has 45 heavy (non-hydrogen) atoms. The van der Waals surface area contributed by atoms with Crippen molar-refractivity contribution in [1.82, 2.24) is 9.80 Å². The molecular formula is C34H44Cl2N2O7. The molecule has 1 amide bonds. The number of carboxylic acid groups (broad SMARTS) is 1. The van der Waals surface area contributed by atoms with Crippen molar-refractivity contribution in [2.24, 2.45) is 11.3 Å². The predicted octanol–water partition coefficient (Wildman–Crippen LogP) is 6.74. The van der Waals surface area contributed by atoms with E-state index in [0.29, 0.717) is 65.3 Å². The summed E-state index contributed by atoms with van der Waals surface area (Å²) in [4.78, 5) is 30.9. The van der Waals surface area contributed by atoms with E-state index in [4.69, 9.17) is 42.1 Å². The van der Waals surface area contributed by atoms with Crippen LogP contribution < -0.4 is 14.2 Å². The Kier molecular flexibility index (Phi) is 11.1. The Hall–Kier alpha value is -2.72. The van der Waals surface area contributed by atoms with E-state index in [1.165, 1.54) is 27.8 Å². The molecule has 2 saturated heterocycles. The van der Waals surface area contributed by atoms with Crippen LogP contribution in [-0.4, -0.2) is 87.0 Å².